The van der Waals surface area contributed by atoms with Gasteiger partial charge >= 0.3 is 0 Å². The van der Waals surface area contributed by atoms with Crippen LogP contribution in [0.4, 0.5) is 5.82 Å². The summed E-state index contributed by atoms with van der Waals surface area (Å²) >= 11 is 0. The van der Waals surface area contributed by atoms with Crippen molar-refractivity contribution in [3.8, 4) is 0 Å². The van der Waals surface area contributed by atoms with E-state index in [0.29, 0.717) is 11.4 Å². The van der Waals surface area contributed by atoms with Crippen LogP contribution in [0.3, 0.4) is 0 Å². The SMILES string of the molecule is COCCOC1=C(C(=O)Nc2ccccn2)N(C)S(=O)(=O)c2ccccc21. The van der Waals surface area contributed by atoms with Crippen molar-refractivity contribution >= 4 is 27.5 Å². The van der Waals surface area contributed by atoms with Gasteiger partial charge in [-0.15, -0.1) is 0 Å². The Hall–Kier alpha value is -2.91. The van der Waals surface area contributed by atoms with Crippen molar-refractivity contribution in [2.75, 3.05) is 32.7 Å². The van der Waals surface area contributed by atoms with Gasteiger partial charge in [-0.1, -0.05) is 18.2 Å². The lowest BCUT2D eigenvalue weighted by molar-refractivity contribution is -0.113. The van der Waals surface area contributed by atoms with Gasteiger partial charge in [-0.2, -0.15) is 0 Å². The van der Waals surface area contributed by atoms with Crippen LogP contribution in [0.2, 0.25) is 0 Å². The van der Waals surface area contributed by atoms with Gasteiger partial charge in [0.15, 0.2) is 11.5 Å². The third-order valence-corrected chi connectivity index (χ3v) is 5.77. The molecule has 0 aliphatic carbocycles. The van der Waals surface area contributed by atoms with Crippen molar-refractivity contribution in [1.29, 1.82) is 0 Å². The van der Waals surface area contributed by atoms with E-state index in [2.05, 4.69) is 10.3 Å². The number of fused-ring (bicyclic) bond motifs is 1. The summed E-state index contributed by atoms with van der Waals surface area (Å²) in [4.78, 5) is 17.0. The van der Waals surface area contributed by atoms with E-state index in [9.17, 15) is 13.2 Å². The molecule has 0 bridgehead atoms. The summed E-state index contributed by atoms with van der Waals surface area (Å²) < 4.78 is 37.4. The summed E-state index contributed by atoms with van der Waals surface area (Å²) in [5.41, 5.74) is 0.216. The van der Waals surface area contributed by atoms with Gasteiger partial charge in [-0.05, 0) is 24.3 Å². The van der Waals surface area contributed by atoms with Crippen molar-refractivity contribution in [2.45, 2.75) is 4.90 Å². The molecule has 8 nitrogen and oxygen atoms in total. The molecule has 0 unspecified atom stereocenters. The van der Waals surface area contributed by atoms with Gasteiger partial charge in [0.1, 0.15) is 12.4 Å². The number of ether oxygens (including phenoxy) is 2. The second kappa shape index (κ2) is 7.77. The first-order valence-corrected chi connectivity index (χ1v) is 9.57. The van der Waals surface area contributed by atoms with Crippen LogP contribution < -0.4 is 5.32 Å². The first kappa shape index (κ1) is 18.9. The number of pyridine rings is 1. The number of carbonyl (C=O) groups is 1. The highest BCUT2D eigenvalue weighted by Crippen LogP contribution is 2.36. The number of rotatable bonds is 6. The topological polar surface area (TPSA) is 97.8 Å². The zero-order valence-electron chi connectivity index (χ0n) is 14.9. The summed E-state index contributed by atoms with van der Waals surface area (Å²) in [5, 5.41) is 2.61. The van der Waals surface area contributed by atoms with Crippen molar-refractivity contribution in [1.82, 2.24) is 9.29 Å². The third-order valence-electron chi connectivity index (χ3n) is 3.96. The van der Waals surface area contributed by atoms with Crippen LogP contribution >= 0.6 is 0 Å². The van der Waals surface area contributed by atoms with E-state index in [-0.39, 0.29) is 29.6 Å². The Balaban J connectivity index is 2.10. The van der Waals surface area contributed by atoms with Gasteiger partial charge in [0.05, 0.1) is 11.5 Å². The molecule has 1 aliphatic rings. The average molecular weight is 389 g/mol. The van der Waals surface area contributed by atoms with Crippen LogP contribution in [0.1, 0.15) is 5.56 Å². The zero-order valence-corrected chi connectivity index (χ0v) is 15.7. The summed E-state index contributed by atoms with van der Waals surface area (Å²) in [6.07, 6.45) is 1.52. The van der Waals surface area contributed by atoms with E-state index >= 15 is 0 Å². The largest absolute Gasteiger partial charge is 0.488 e. The summed E-state index contributed by atoms with van der Waals surface area (Å²) in [6, 6.07) is 11.4. The fraction of sp³-hybridized carbons (Fsp3) is 0.222. The van der Waals surface area contributed by atoms with Gasteiger partial charge in [0, 0.05) is 25.9 Å². The van der Waals surface area contributed by atoms with Crippen LogP contribution in [-0.2, 0) is 24.3 Å². The minimum Gasteiger partial charge on any atom is -0.488 e. The number of carbonyl (C=O) groups excluding carboxylic acids is 1. The Morgan fingerprint density at radius 2 is 1.89 bits per heavy atom. The number of aromatic nitrogens is 1. The number of methoxy groups -OCH3 is 1. The van der Waals surface area contributed by atoms with Gasteiger partial charge in [-0.25, -0.2) is 13.4 Å². The minimum absolute atomic E-state index is 0.0781. The monoisotopic (exact) mass is 389 g/mol. The molecule has 0 saturated carbocycles. The van der Waals surface area contributed by atoms with Crippen molar-refractivity contribution < 1.29 is 22.7 Å². The van der Waals surface area contributed by atoms with Gasteiger partial charge in [-0.3, -0.25) is 9.10 Å². The maximum atomic E-state index is 12.9. The maximum absolute atomic E-state index is 12.9. The number of nitrogens with one attached hydrogen (secondary N) is 1. The van der Waals surface area contributed by atoms with Crippen LogP contribution in [0.5, 0.6) is 0 Å². The summed E-state index contributed by atoms with van der Waals surface area (Å²) in [6.45, 7) is 0.450. The molecule has 9 heteroatoms. The molecule has 3 rings (SSSR count). The molecule has 2 aromatic rings. The number of nitrogens with zero attached hydrogens (tertiary/aromatic N) is 2. The van der Waals surface area contributed by atoms with E-state index in [0.717, 1.165) is 4.31 Å². The molecule has 0 radical (unpaired) electrons. The second-order valence-electron chi connectivity index (χ2n) is 5.66. The van der Waals surface area contributed by atoms with Crippen LogP contribution in [0, 0.1) is 0 Å². The molecule has 0 atom stereocenters. The van der Waals surface area contributed by atoms with Crippen LogP contribution in [-0.4, -0.2) is 51.0 Å². The molecule has 1 aromatic carbocycles. The molecule has 0 spiro atoms. The Kier molecular flexibility index (Phi) is 5.43. The van der Waals surface area contributed by atoms with E-state index in [4.69, 9.17) is 9.47 Å². The predicted octanol–water partition coefficient (Wildman–Crippen LogP) is 1.69. The molecule has 1 N–H and O–H groups in total. The molecule has 0 saturated heterocycles. The molecular formula is C18H19N3O5S. The molecule has 2 heterocycles. The van der Waals surface area contributed by atoms with Gasteiger partial charge in [0.25, 0.3) is 15.9 Å². The Bertz CT molecular complexity index is 974. The molecule has 1 aromatic heterocycles. The Morgan fingerprint density at radius 1 is 1.15 bits per heavy atom. The molecule has 1 amide bonds. The number of likely N-dealkylation sites (N-methyl/N-ethyl adjacent to an activating group) is 1. The van der Waals surface area contributed by atoms with Crippen molar-refractivity contribution in [2.24, 2.45) is 0 Å². The third kappa shape index (κ3) is 3.64. The molecule has 27 heavy (non-hydrogen) atoms. The highest BCUT2D eigenvalue weighted by Gasteiger charge is 2.38. The minimum atomic E-state index is -3.89. The number of sulfonamides is 1. The summed E-state index contributed by atoms with van der Waals surface area (Å²) in [7, 11) is -1.04. The molecular weight excluding hydrogens is 370 g/mol. The van der Waals surface area contributed by atoms with Crippen molar-refractivity contribution in [3.05, 3.63) is 59.9 Å². The van der Waals surface area contributed by atoms with Crippen molar-refractivity contribution in [3.63, 3.8) is 0 Å². The second-order valence-corrected chi connectivity index (χ2v) is 7.59. The number of hydrogen-bond donors (Lipinski definition) is 1. The van der Waals surface area contributed by atoms with E-state index in [1.165, 1.54) is 26.4 Å². The Morgan fingerprint density at radius 3 is 2.59 bits per heavy atom. The van der Waals surface area contributed by atoms with E-state index in [1.807, 2.05) is 0 Å². The highest BCUT2D eigenvalue weighted by molar-refractivity contribution is 7.89. The summed E-state index contributed by atoms with van der Waals surface area (Å²) in [5.74, 6) is -0.161. The van der Waals surface area contributed by atoms with Crippen LogP contribution in [0.25, 0.3) is 5.76 Å². The number of amides is 1. The molecule has 0 fully saturated rings. The first-order valence-electron chi connectivity index (χ1n) is 8.13. The maximum Gasteiger partial charge on any atom is 0.277 e. The van der Waals surface area contributed by atoms with E-state index < -0.39 is 15.9 Å². The zero-order chi connectivity index (χ0) is 19.4. The lowest BCUT2D eigenvalue weighted by atomic mass is 10.1. The fourth-order valence-electron chi connectivity index (χ4n) is 2.65. The lowest BCUT2D eigenvalue weighted by Crippen LogP contribution is -2.37. The first-order chi connectivity index (χ1) is 13.0. The van der Waals surface area contributed by atoms with E-state index in [1.54, 1.807) is 36.4 Å². The lowest BCUT2D eigenvalue weighted by Gasteiger charge is -2.30. The predicted molar refractivity (Wildman–Crippen MR) is 99.0 cm³/mol. The molecule has 1 aliphatic heterocycles. The quantitative estimate of drug-likeness (QED) is 0.755. The number of anilines is 1. The Labute approximate surface area is 157 Å². The van der Waals surface area contributed by atoms with Gasteiger partial charge < -0.3 is 14.8 Å². The standard InChI is InChI=1S/C18H19N3O5S/c1-21-16(18(22)20-15-9-5-6-10-19-15)17(26-12-11-25-2)13-7-3-4-8-14(13)27(21,23)24/h3-10H,11-12H2,1-2H3,(H,19,20,22). The highest BCUT2D eigenvalue weighted by atomic mass is 32.2. The van der Waals surface area contributed by atoms with Crippen LogP contribution in [0.15, 0.2) is 59.3 Å². The molecule has 142 valence electrons. The smallest absolute Gasteiger partial charge is 0.277 e. The number of hydrogen-bond acceptors (Lipinski definition) is 6. The normalized spacial score (nSPS) is 15.3. The number of benzene rings is 1. The average Bonchev–Trinajstić information content (AvgIpc) is 2.67. The fourth-order valence-corrected chi connectivity index (χ4v) is 4.04. The van der Waals surface area contributed by atoms with Gasteiger partial charge in [0.2, 0.25) is 0 Å².